The smallest absolute Gasteiger partial charge is 0.323 e. The number of carbonyl (C=O) groups is 1. The van der Waals surface area contributed by atoms with Gasteiger partial charge in [-0.3, -0.25) is 15.0 Å². The number of likely N-dealkylation sites (tertiary alicyclic amines) is 1. The van der Waals surface area contributed by atoms with Crippen molar-refractivity contribution in [3.05, 3.63) is 0 Å². The van der Waals surface area contributed by atoms with E-state index < -0.39 is 11.5 Å². The van der Waals surface area contributed by atoms with Crippen LogP contribution in [0, 0.1) is 5.92 Å². The topological polar surface area (TPSA) is 52.6 Å². The Bertz CT molecular complexity index is 398. The zero-order valence-electron chi connectivity index (χ0n) is 13.5. The van der Waals surface area contributed by atoms with Crippen LogP contribution in [-0.2, 0) is 4.79 Å². The van der Waals surface area contributed by atoms with Crippen molar-refractivity contribution < 1.29 is 9.90 Å². The van der Waals surface area contributed by atoms with Gasteiger partial charge in [0.05, 0.1) is 0 Å². The van der Waals surface area contributed by atoms with Gasteiger partial charge in [-0.05, 0) is 64.8 Å². The Kier molecular flexibility index (Phi) is 4.28. The molecular weight excluding hydrogens is 264 g/mol. The van der Waals surface area contributed by atoms with Gasteiger partial charge in [0.1, 0.15) is 5.54 Å². The maximum atomic E-state index is 11.8. The van der Waals surface area contributed by atoms with Crippen molar-refractivity contribution in [1.29, 1.82) is 0 Å². The van der Waals surface area contributed by atoms with Crippen LogP contribution in [0.3, 0.4) is 0 Å². The molecule has 4 atom stereocenters. The van der Waals surface area contributed by atoms with Gasteiger partial charge in [0, 0.05) is 18.1 Å². The maximum Gasteiger partial charge on any atom is 0.323 e. The zero-order chi connectivity index (χ0) is 15.0. The van der Waals surface area contributed by atoms with Gasteiger partial charge in [-0.25, -0.2) is 0 Å². The summed E-state index contributed by atoms with van der Waals surface area (Å²) in [6.07, 6.45) is 9.41. The second kappa shape index (κ2) is 5.88. The normalized spacial score (nSPS) is 40.6. The minimum Gasteiger partial charge on any atom is -0.480 e. The third-order valence-electron chi connectivity index (χ3n) is 5.98. The van der Waals surface area contributed by atoms with Crippen molar-refractivity contribution in [2.45, 2.75) is 88.9 Å². The molecule has 0 bridgehead atoms. The van der Waals surface area contributed by atoms with Crippen LogP contribution in [0.2, 0.25) is 0 Å². The van der Waals surface area contributed by atoms with Crippen molar-refractivity contribution in [3.8, 4) is 0 Å². The molecule has 4 nitrogen and oxygen atoms in total. The van der Waals surface area contributed by atoms with Crippen molar-refractivity contribution >= 4 is 5.97 Å². The van der Waals surface area contributed by atoms with E-state index in [0.29, 0.717) is 6.04 Å². The number of hydrogen-bond acceptors (Lipinski definition) is 3. The van der Waals surface area contributed by atoms with Crippen molar-refractivity contribution in [2.75, 3.05) is 6.54 Å². The second-order valence-electron chi connectivity index (χ2n) is 7.72. The monoisotopic (exact) mass is 294 g/mol. The van der Waals surface area contributed by atoms with Gasteiger partial charge in [-0.1, -0.05) is 12.8 Å². The van der Waals surface area contributed by atoms with Crippen molar-refractivity contribution in [1.82, 2.24) is 10.2 Å². The minimum atomic E-state index is -0.689. The van der Waals surface area contributed by atoms with Gasteiger partial charge in [-0.2, -0.15) is 0 Å². The molecule has 1 aliphatic heterocycles. The number of aliphatic carboxylic acids is 1. The molecule has 1 heterocycles. The molecule has 0 aromatic rings. The Morgan fingerprint density at radius 2 is 2.00 bits per heavy atom. The fourth-order valence-electron chi connectivity index (χ4n) is 5.14. The Balaban J connectivity index is 1.69. The van der Waals surface area contributed by atoms with Gasteiger partial charge < -0.3 is 5.11 Å². The van der Waals surface area contributed by atoms with Crippen LogP contribution in [-0.4, -0.2) is 46.2 Å². The molecule has 0 aromatic carbocycles. The standard InChI is InChI=1S/C17H30N2O2/c1-12(2)18-17(16(20)21)9-7-14(11-17)19-10-8-13-5-3-4-6-15(13)19/h12-15,18H,3-11H2,1-2H3,(H,20,21). The van der Waals surface area contributed by atoms with Gasteiger partial charge >= 0.3 is 5.97 Å². The molecule has 3 aliphatic rings. The summed E-state index contributed by atoms with van der Waals surface area (Å²) in [6, 6.07) is 1.44. The number of nitrogens with one attached hydrogen (secondary N) is 1. The SMILES string of the molecule is CC(C)NC1(C(=O)O)CCC(N2CCC3CCCCC32)C1. The third-order valence-corrected chi connectivity index (χ3v) is 5.98. The predicted molar refractivity (Wildman–Crippen MR) is 83.3 cm³/mol. The van der Waals surface area contributed by atoms with E-state index in [1.165, 1.54) is 38.6 Å². The maximum absolute atomic E-state index is 11.8. The molecule has 3 fully saturated rings. The summed E-state index contributed by atoms with van der Waals surface area (Å²) >= 11 is 0. The summed E-state index contributed by atoms with van der Waals surface area (Å²) in [5.74, 6) is 0.231. The van der Waals surface area contributed by atoms with Gasteiger partial charge in [0.2, 0.25) is 0 Å². The Morgan fingerprint density at radius 3 is 2.71 bits per heavy atom. The first-order valence-electron chi connectivity index (χ1n) is 8.79. The molecule has 0 aromatic heterocycles. The minimum absolute atomic E-state index is 0.223. The fourth-order valence-corrected chi connectivity index (χ4v) is 5.14. The lowest BCUT2D eigenvalue weighted by molar-refractivity contribution is -0.145. The molecule has 3 rings (SSSR count). The molecule has 1 saturated heterocycles. The van der Waals surface area contributed by atoms with Gasteiger partial charge in [0.25, 0.3) is 0 Å². The van der Waals surface area contributed by atoms with Crippen molar-refractivity contribution in [2.24, 2.45) is 5.92 Å². The van der Waals surface area contributed by atoms with E-state index in [4.69, 9.17) is 0 Å². The quantitative estimate of drug-likeness (QED) is 0.837. The van der Waals surface area contributed by atoms with Crippen LogP contribution in [0.15, 0.2) is 0 Å². The van der Waals surface area contributed by atoms with Crippen molar-refractivity contribution in [3.63, 3.8) is 0 Å². The lowest BCUT2D eigenvalue weighted by atomic mass is 9.85. The van der Waals surface area contributed by atoms with E-state index in [-0.39, 0.29) is 6.04 Å². The van der Waals surface area contributed by atoms with E-state index in [2.05, 4.69) is 10.2 Å². The Morgan fingerprint density at radius 1 is 1.24 bits per heavy atom. The number of carboxylic acid groups (broad SMARTS) is 1. The molecule has 2 saturated carbocycles. The van der Waals surface area contributed by atoms with E-state index in [9.17, 15) is 9.90 Å². The van der Waals surface area contributed by atoms with Crippen LogP contribution in [0.1, 0.15) is 65.2 Å². The molecular formula is C17H30N2O2. The summed E-state index contributed by atoms with van der Waals surface area (Å²) in [4.78, 5) is 14.5. The highest BCUT2D eigenvalue weighted by atomic mass is 16.4. The van der Waals surface area contributed by atoms with Crippen LogP contribution in [0.25, 0.3) is 0 Å². The van der Waals surface area contributed by atoms with E-state index in [1.54, 1.807) is 0 Å². The molecule has 21 heavy (non-hydrogen) atoms. The highest BCUT2D eigenvalue weighted by Gasteiger charge is 2.50. The fraction of sp³-hybridized carbons (Fsp3) is 0.941. The van der Waals surface area contributed by atoms with Crippen LogP contribution in [0.4, 0.5) is 0 Å². The number of carboxylic acids is 1. The summed E-state index contributed by atoms with van der Waals surface area (Å²) < 4.78 is 0. The second-order valence-corrected chi connectivity index (χ2v) is 7.72. The third kappa shape index (κ3) is 2.85. The molecule has 2 N–H and O–H groups in total. The highest BCUT2D eigenvalue weighted by Crippen LogP contribution is 2.42. The molecule has 4 heteroatoms. The van der Waals surface area contributed by atoms with Crippen LogP contribution >= 0.6 is 0 Å². The zero-order valence-corrected chi connectivity index (χ0v) is 13.5. The molecule has 0 amide bonds. The van der Waals surface area contributed by atoms with E-state index in [0.717, 1.165) is 31.2 Å². The molecule has 120 valence electrons. The summed E-state index contributed by atoms with van der Waals surface area (Å²) in [6.45, 7) is 5.29. The average Bonchev–Trinajstić information content (AvgIpc) is 3.02. The van der Waals surface area contributed by atoms with Gasteiger partial charge in [0.15, 0.2) is 0 Å². The van der Waals surface area contributed by atoms with E-state index in [1.807, 2.05) is 13.8 Å². The first-order valence-corrected chi connectivity index (χ1v) is 8.79. The average molecular weight is 294 g/mol. The molecule has 0 radical (unpaired) electrons. The predicted octanol–water partition coefficient (Wildman–Crippen LogP) is 2.62. The number of hydrogen-bond donors (Lipinski definition) is 2. The first kappa shape index (κ1) is 15.3. The number of fused-ring (bicyclic) bond motifs is 1. The lowest BCUT2D eigenvalue weighted by Crippen LogP contribution is -2.54. The Labute approximate surface area is 128 Å². The molecule has 2 aliphatic carbocycles. The van der Waals surface area contributed by atoms with Crippen LogP contribution < -0.4 is 5.32 Å². The van der Waals surface area contributed by atoms with E-state index >= 15 is 0 Å². The highest BCUT2D eigenvalue weighted by molar-refractivity contribution is 5.79. The van der Waals surface area contributed by atoms with Gasteiger partial charge in [-0.15, -0.1) is 0 Å². The number of rotatable bonds is 4. The summed E-state index contributed by atoms with van der Waals surface area (Å²) in [7, 11) is 0. The molecule has 4 unspecified atom stereocenters. The number of nitrogens with zero attached hydrogens (tertiary/aromatic N) is 1. The lowest BCUT2D eigenvalue weighted by Gasteiger charge is -2.36. The summed E-state index contributed by atoms with van der Waals surface area (Å²) in [5.41, 5.74) is -0.689. The first-order chi connectivity index (χ1) is 10.0. The summed E-state index contributed by atoms with van der Waals surface area (Å²) in [5, 5.41) is 13.1. The Hall–Kier alpha value is -0.610. The largest absolute Gasteiger partial charge is 0.480 e. The molecule has 0 spiro atoms. The van der Waals surface area contributed by atoms with Crippen LogP contribution in [0.5, 0.6) is 0 Å².